The fraction of sp³-hybridized carbons (Fsp3) is 0. The van der Waals surface area contributed by atoms with E-state index in [2.05, 4.69) is 143 Å². The number of hydrogen-bond acceptors (Lipinski definition) is 2. The molecule has 0 aliphatic rings. The summed E-state index contributed by atoms with van der Waals surface area (Å²) in [7, 11) is 0. The van der Waals surface area contributed by atoms with E-state index in [4.69, 9.17) is 6.85 Å². The number of aromatic nitrogens is 1. The van der Waals surface area contributed by atoms with Gasteiger partial charge in [0.2, 0.25) is 0 Å². The van der Waals surface area contributed by atoms with E-state index in [1.54, 1.807) is 11.3 Å². The standard InChI is InChI=1S/C48H32N2S/c1-3-13-33(14-4-1)34-25-29-37(30-26-34)49(45-23-12-21-43-41-18-8-10-24-46(41)51-48(43)45)38-31-27-35(28-32-38)39-19-11-20-42-40-17-7-9-22-44(40)50(47(39)42)36-15-5-2-6-16-36/h1-32H/i1D,3D,4D,13D,14D. The van der Waals surface area contributed by atoms with Gasteiger partial charge in [-0.15, -0.1) is 11.3 Å². The van der Waals surface area contributed by atoms with Gasteiger partial charge in [-0.2, -0.15) is 0 Å². The molecule has 2 aromatic heterocycles. The molecule has 0 atom stereocenters. The minimum absolute atomic E-state index is 0.187. The first-order valence-electron chi connectivity index (χ1n) is 19.4. The molecule has 0 spiro atoms. The smallest absolute Gasteiger partial charge is 0.0640 e. The molecule has 0 N–H and O–H groups in total. The van der Waals surface area contributed by atoms with E-state index in [1.165, 1.54) is 26.2 Å². The molecule has 51 heavy (non-hydrogen) atoms. The molecule has 0 saturated heterocycles. The fourth-order valence-electron chi connectivity index (χ4n) is 7.39. The minimum Gasteiger partial charge on any atom is -0.309 e. The molecule has 10 aromatic rings. The maximum absolute atomic E-state index is 8.58. The van der Waals surface area contributed by atoms with Crippen LogP contribution in [0.3, 0.4) is 0 Å². The average molecular weight is 674 g/mol. The predicted octanol–water partition coefficient (Wildman–Crippen LogP) is 14.0. The molecule has 3 heteroatoms. The van der Waals surface area contributed by atoms with Crippen LogP contribution in [-0.2, 0) is 0 Å². The summed E-state index contributed by atoms with van der Waals surface area (Å²) in [5.74, 6) is 0. The summed E-state index contributed by atoms with van der Waals surface area (Å²) in [6.45, 7) is 0. The monoisotopic (exact) mass is 673 g/mol. The Morgan fingerprint density at radius 3 is 1.88 bits per heavy atom. The van der Waals surface area contributed by atoms with Crippen LogP contribution in [0.15, 0.2) is 194 Å². The van der Waals surface area contributed by atoms with E-state index in [-0.39, 0.29) is 29.7 Å². The van der Waals surface area contributed by atoms with Crippen LogP contribution in [-0.4, -0.2) is 4.57 Å². The van der Waals surface area contributed by atoms with E-state index in [0.29, 0.717) is 5.56 Å². The highest BCUT2D eigenvalue weighted by atomic mass is 32.1. The van der Waals surface area contributed by atoms with Crippen molar-refractivity contribution in [2.45, 2.75) is 0 Å². The van der Waals surface area contributed by atoms with Gasteiger partial charge in [-0.1, -0.05) is 139 Å². The SMILES string of the molecule is [2H]c1c([2H])c([2H])c(-c2ccc(N(c3ccc(-c4cccc5c6ccccc6n(-c6ccccc6)c45)cc3)c3cccc4c3sc3ccccc34)cc2)c([2H])c1[2H]. The summed E-state index contributed by atoms with van der Waals surface area (Å²) >= 11 is 1.76. The summed E-state index contributed by atoms with van der Waals surface area (Å²) in [6.07, 6.45) is 0. The molecule has 0 fully saturated rings. The molecule has 0 amide bonds. The largest absolute Gasteiger partial charge is 0.309 e. The summed E-state index contributed by atoms with van der Waals surface area (Å²) in [5.41, 5.74) is 9.27. The third-order valence-electron chi connectivity index (χ3n) is 9.68. The first-order chi connectivity index (χ1) is 27.4. The van der Waals surface area contributed by atoms with Crippen LogP contribution in [0.4, 0.5) is 17.1 Å². The lowest BCUT2D eigenvalue weighted by molar-refractivity contribution is 1.18. The zero-order valence-corrected chi connectivity index (χ0v) is 28.2. The summed E-state index contributed by atoms with van der Waals surface area (Å²) in [6, 6.07) is 55.3. The summed E-state index contributed by atoms with van der Waals surface area (Å²) < 4.78 is 46.4. The first kappa shape index (κ1) is 24.7. The normalized spacial score (nSPS) is 12.9. The van der Waals surface area contributed by atoms with Gasteiger partial charge in [0.15, 0.2) is 0 Å². The molecule has 0 aliphatic carbocycles. The van der Waals surface area contributed by atoms with Crippen molar-refractivity contribution in [3.05, 3.63) is 194 Å². The molecule has 0 bridgehead atoms. The highest BCUT2D eigenvalue weighted by molar-refractivity contribution is 7.26. The maximum Gasteiger partial charge on any atom is 0.0640 e. The van der Waals surface area contributed by atoms with Gasteiger partial charge in [0.25, 0.3) is 0 Å². The number of benzene rings is 8. The van der Waals surface area contributed by atoms with Crippen LogP contribution in [0.1, 0.15) is 6.85 Å². The molecular formula is C48H32N2S. The third kappa shape index (κ3) is 4.93. The Hall–Kier alpha value is -6.42. The molecule has 0 unspecified atom stereocenters. The summed E-state index contributed by atoms with van der Waals surface area (Å²) in [4.78, 5) is 2.24. The van der Waals surface area contributed by atoms with Crippen molar-refractivity contribution < 1.29 is 6.85 Å². The molecule has 0 saturated carbocycles. The molecule has 8 aromatic carbocycles. The Morgan fingerprint density at radius 1 is 0.471 bits per heavy atom. The van der Waals surface area contributed by atoms with Gasteiger partial charge in [0, 0.05) is 48.9 Å². The first-order valence-corrected chi connectivity index (χ1v) is 17.8. The van der Waals surface area contributed by atoms with Crippen LogP contribution in [0.5, 0.6) is 0 Å². The van der Waals surface area contributed by atoms with Crippen molar-refractivity contribution in [1.82, 2.24) is 4.57 Å². The van der Waals surface area contributed by atoms with Crippen molar-refractivity contribution >= 4 is 70.4 Å². The van der Waals surface area contributed by atoms with Crippen molar-refractivity contribution in [3.63, 3.8) is 0 Å². The van der Waals surface area contributed by atoms with Gasteiger partial charge in [0.1, 0.15) is 0 Å². The topological polar surface area (TPSA) is 8.17 Å². The molecule has 0 radical (unpaired) electrons. The van der Waals surface area contributed by atoms with Crippen molar-refractivity contribution in [2.24, 2.45) is 0 Å². The van der Waals surface area contributed by atoms with E-state index in [0.717, 1.165) is 49.6 Å². The van der Waals surface area contributed by atoms with Gasteiger partial charge in [-0.25, -0.2) is 0 Å². The second-order valence-corrected chi connectivity index (χ2v) is 13.6. The van der Waals surface area contributed by atoms with Gasteiger partial charge in [-0.05, 0) is 71.3 Å². The lowest BCUT2D eigenvalue weighted by atomic mass is 10.0. The van der Waals surface area contributed by atoms with E-state index in [9.17, 15) is 0 Å². The number of fused-ring (bicyclic) bond motifs is 6. The molecule has 0 aliphatic heterocycles. The Balaban J connectivity index is 1.14. The van der Waals surface area contributed by atoms with Crippen LogP contribution in [0, 0.1) is 0 Å². The van der Waals surface area contributed by atoms with Crippen LogP contribution < -0.4 is 4.90 Å². The second-order valence-electron chi connectivity index (χ2n) is 12.6. The van der Waals surface area contributed by atoms with Gasteiger partial charge in [-0.3, -0.25) is 0 Å². The Kier molecular flexibility index (Phi) is 5.89. The van der Waals surface area contributed by atoms with Crippen molar-refractivity contribution in [3.8, 4) is 27.9 Å². The van der Waals surface area contributed by atoms with Crippen molar-refractivity contribution in [2.75, 3.05) is 4.90 Å². The van der Waals surface area contributed by atoms with Crippen LogP contribution >= 0.6 is 11.3 Å². The number of hydrogen-bond donors (Lipinski definition) is 0. The fourth-order valence-corrected chi connectivity index (χ4v) is 8.60. The quantitative estimate of drug-likeness (QED) is 0.171. The van der Waals surface area contributed by atoms with Gasteiger partial charge in [0.05, 0.1) is 28.3 Å². The lowest BCUT2D eigenvalue weighted by Crippen LogP contribution is -2.10. The van der Waals surface area contributed by atoms with Crippen molar-refractivity contribution in [1.29, 1.82) is 0 Å². The van der Waals surface area contributed by atoms with E-state index < -0.39 is 6.04 Å². The number of anilines is 3. The number of nitrogens with zero attached hydrogens (tertiary/aromatic N) is 2. The van der Waals surface area contributed by atoms with E-state index in [1.807, 2.05) is 30.3 Å². The van der Waals surface area contributed by atoms with Crippen LogP contribution in [0.25, 0.3) is 69.9 Å². The Bertz CT molecular complexity index is 3100. The highest BCUT2D eigenvalue weighted by Crippen LogP contribution is 2.46. The number of para-hydroxylation sites is 3. The molecule has 240 valence electrons. The number of thiophene rings is 1. The predicted molar refractivity (Wildman–Crippen MR) is 219 cm³/mol. The second kappa shape index (κ2) is 12.2. The minimum atomic E-state index is -0.399. The maximum atomic E-state index is 8.58. The Labute approximate surface area is 307 Å². The van der Waals surface area contributed by atoms with Gasteiger partial charge < -0.3 is 9.47 Å². The molecule has 10 rings (SSSR count). The lowest BCUT2D eigenvalue weighted by Gasteiger charge is -2.26. The molecule has 2 heterocycles. The summed E-state index contributed by atoms with van der Waals surface area (Å²) in [5, 5.41) is 4.80. The van der Waals surface area contributed by atoms with Gasteiger partial charge >= 0.3 is 0 Å². The average Bonchev–Trinajstić information content (AvgIpc) is 3.80. The van der Waals surface area contributed by atoms with E-state index >= 15 is 0 Å². The third-order valence-corrected chi connectivity index (χ3v) is 10.9. The molecule has 2 nitrogen and oxygen atoms in total. The molecular weight excluding hydrogens is 637 g/mol. The zero-order chi connectivity index (χ0) is 38.1. The Morgan fingerprint density at radius 2 is 1.10 bits per heavy atom. The van der Waals surface area contributed by atoms with Crippen LogP contribution in [0.2, 0.25) is 0 Å². The highest BCUT2D eigenvalue weighted by Gasteiger charge is 2.20. The zero-order valence-electron chi connectivity index (χ0n) is 32.4. The number of rotatable bonds is 6.